The van der Waals surface area contributed by atoms with E-state index in [-0.39, 0.29) is 29.7 Å². The highest BCUT2D eigenvalue weighted by Crippen LogP contribution is 2.29. The van der Waals surface area contributed by atoms with Gasteiger partial charge in [0.25, 0.3) is 5.91 Å². The standard InChI is InChI=1S/C24H24N4O3/c1-14-5-6-16(24(30)27-17-7-8-17)12-21(14)28-23(25)20(13-26-28)22(29)15-3-2-4-19(11-15)31-18-9-10-18/h2-6,11-13,17-18H,7-10,25H2,1H3,(H,27,30). The minimum absolute atomic E-state index is 0.113. The van der Waals surface area contributed by atoms with Gasteiger partial charge in [-0.2, -0.15) is 5.10 Å². The van der Waals surface area contributed by atoms with E-state index >= 15 is 0 Å². The first kappa shape index (κ1) is 19.4. The molecule has 1 amide bonds. The summed E-state index contributed by atoms with van der Waals surface area (Å²) in [5.74, 6) is 0.592. The van der Waals surface area contributed by atoms with Gasteiger partial charge in [-0.15, -0.1) is 0 Å². The Morgan fingerprint density at radius 1 is 1.10 bits per heavy atom. The molecule has 0 spiro atoms. The molecule has 2 aliphatic carbocycles. The second-order valence-corrected chi connectivity index (χ2v) is 8.28. The van der Waals surface area contributed by atoms with Gasteiger partial charge in [0.05, 0.1) is 23.6 Å². The molecule has 3 aromatic rings. The van der Waals surface area contributed by atoms with Gasteiger partial charge in [-0.05, 0) is 62.4 Å². The van der Waals surface area contributed by atoms with Crippen molar-refractivity contribution in [2.24, 2.45) is 0 Å². The Balaban J connectivity index is 1.43. The van der Waals surface area contributed by atoms with Gasteiger partial charge in [0.15, 0.2) is 5.78 Å². The Morgan fingerprint density at radius 3 is 2.65 bits per heavy atom. The van der Waals surface area contributed by atoms with Gasteiger partial charge < -0.3 is 15.8 Å². The van der Waals surface area contributed by atoms with Crippen molar-refractivity contribution in [1.29, 1.82) is 0 Å². The Kier molecular flexibility index (Phi) is 4.73. The maximum absolute atomic E-state index is 13.1. The largest absolute Gasteiger partial charge is 0.490 e. The van der Waals surface area contributed by atoms with Crippen molar-refractivity contribution in [3.8, 4) is 11.4 Å². The van der Waals surface area contributed by atoms with Crippen molar-refractivity contribution in [3.63, 3.8) is 0 Å². The number of hydrogen-bond donors (Lipinski definition) is 2. The average molecular weight is 416 g/mol. The van der Waals surface area contributed by atoms with E-state index in [1.807, 2.05) is 19.1 Å². The number of anilines is 1. The molecule has 0 bridgehead atoms. The number of nitrogen functional groups attached to an aromatic ring is 1. The molecule has 2 fully saturated rings. The highest BCUT2D eigenvalue weighted by Gasteiger charge is 2.26. The normalized spacial score (nSPS) is 15.5. The fourth-order valence-electron chi connectivity index (χ4n) is 3.44. The van der Waals surface area contributed by atoms with Crippen molar-refractivity contribution in [2.75, 3.05) is 5.73 Å². The summed E-state index contributed by atoms with van der Waals surface area (Å²) in [4.78, 5) is 25.5. The van der Waals surface area contributed by atoms with Crippen LogP contribution in [0.25, 0.3) is 5.69 Å². The smallest absolute Gasteiger partial charge is 0.251 e. The molecule has 0 atom stereocenters. The van der Waals surface area contributed by atoms with Gasteiger partial charge >= 0.3 is 0 Å². The molecule has 1 heterocycles. The van der Waals surface area contributed by atoms with Gasteiger partial charge in [-0.25, -0.2) is 4.68 Å². The minimum Gasteiger partial charge on any atom is -0.490 e. The van der Waals surface area contributed by atoms with E-state index < -0.39 is 0 Å². The van der Waals surface area contributed by atoms with Gasteiger partial charge in [0.1, 0.15) is 11.6 Å². The Morgan fingerprint density at radius 2 is 1.90 bits per heavy atom. The summed E-state index contributed by atoms with van der Waals surface area (Å²) >= 11 is 0. The van der Waals surface area contributed by atoms with Crippen LogP contribution in [0.15, 0.2) is 48.7 Å². The first-order valence-electron chi connectivity index (χ1n) is 10.6. The third-order valence-electron chi connectivity index (χ3n) is 5.59. The van der Waals surface area contributed by atoms with Crippen molar-refractivity contribution in [2.45, 2.75) is 44.8 Å². The van der Waals surface area contributed by atoms with Crippen LogP contribution in [0.1, 0.15) is 57.5 Å². The summed E-state index contributed by atoms with van der Waals surface area (Å²) in [5, 5.41) is 7.34. The van der Waals surface area contributed by atoms with Gasteiger partial charge in [0.2, 0.25) is 0 Å². The fourth-order valence-corrected chi connectivity index (χ4v) is 3.44. The Labute approximate surface area is 180 Å². The third kappa shape index (κ3) is 4.03. The van der Waals surface area contributed by atoms with Crippen LogP contribution in [0.3, 0.4) is 0 Å². The van der Waals surface area contributed by atoms with Crippen LogP contribution in [0.2, 0.25) is 0 Å². The van der Waals surface area contributed by atoms with Crippen LogP contribution in [0.4, 0.5) is 5.82 Å². The van der Waals surface area contributed by atoms with Crippen LogP contribution in [-0.4, -0.2) is 33.6 Å². The number of carbonyl (C=O) groups excluding carboxylic acids is 2. The lowest BCUT2D eigenvalue weighted by Gasteiger charge is -2.11. The average Bonchev–Trinajstić information content (AvgIpc) is 3.69. The molecule has 158 valence electrons. The van der Waals surface area contributed by atoms with Gasteiger partial charge in [-0.3, -0.25) is 9.59 Å². The summed E-state index contributed by atoms with van der Waals surface area (Å²) in [5.41, 5.74) is 9.26. The van der Waals surface area contributed by atoms with Crippen LogP contribution in [-0.2, 0) is 0 Å². The van der Waals surface area contributed by atoms with Gasteiger partial charge in [0, 0.05) is 17.2 Å². The lowest BCUT2D eigenvalue weighted by molar-refractivity contribution is 0.0950. The highest BCUT2D eigenvalue weighted by molar-refractivity contribution is 6.11. The predicted molar refractivity (Wildman–Crippen MR) is 117 cm³/mol. The molecule has 5 rings (SSSR count). The highest BCUT2D eigenvalue weighted by atomic mass is 16.5. The van der Waals surface area contributed by atoms with E-state index in [9.17, 15) is 9.59 Å². The Bertz CT molecular complexity index is 1180. The summed E-state index contributed by atoms with van der Waals surface area (Å²) < 4.78 is 7.31. The molecule has 31 heavy (non-hydrogen) atoms. The molecule has 0 aliphatic heterocycles. The van der Waals surface area contributed by atoms with Crippen LogP contribution in [0, 0.1) is 6.92 Å². The number of nitrogens with zero attached hydrogens (tertiary/aromatic N) is 2. The van der Waals surface area contributed by atoms with E-state index in [0.717, 1.165) is 31.2 Å². The van der Waals surface area contributed by atoms with Gasteiger partial charge in [-0.1, -0.05) is 18.2 Å². The van der Waals surface area contributed by atoms with Crippen LogP contribution in [0.5, 0.6) is 5.75 Å². The van der Waals surface area contributed by atoms with E-state index in [4.69, 9.17) is 10.5 Å². The zero-order valence-electron chi connectivity index (χ0n) is 17.3. The number of rotatable bonds is 7. The number of hydrogen-bond acceptors (Lipinski definition) is 5. The number of carbonyl (C=O) groups is 2. The zero-order chi connectivity index (χ0) is 21.5. The number of aryl methyl sites for hydroxylation is 1. The molecular weight excluding hydrogens is 392 g/mol. The monoisotopic (exact) mass is 416 g/mol. The summed E-state index contributed by atoms with van der Waals surface area (Å²) in [7, 11) is 0. The van der Waals surface area contributed by atoms with Crippen molar-refractivity contribution < 1.29 is 14.3 Å². The van der Waals surface area contributed by atoms with Crippen LogP contribution >= 0.6 is 0 Å². The molecule has 0 unspecified atom stereocenters. The maximum atomic E-state index is 13.1. The number of ketones is 1. The van der Waals surface area contributed by atoms with E-state index in [2.05, 4.69) is 10.4 Å². The lowest BCUT2D eigenvalue weighted by atomic mass is 10.1. The maximum Gasteiger partial charge on any atom is 0.251 e. The molecule has 0 saturated heterocycles. The molecule has 7 heteroatoms. The number of benzene rings is 2. The summed E-state index contributed by atoms with van der Waals surface area (Å²) in [6.45, 7) is 1.92. The number of nitrogens with one attached hydrogen (secondary N) is 1. The van der Waals surface area contributed by atoms with E-state index in [0.29, 0.717) is 28.1 Å². The zero-order valence-corrected chi connectivity index (χ0v) is 17.3. The van der Waals surface area contributed by atoms with Crippen LogP contribution < -0.4 is 15.8 Å². The fraction of sp³-hybridized carbons (Fsp3) is 0.292. The van der Waals surface area contributed by atoms with E-state index in [1.54, 1.807) is 30.3 Å². The second kappa shape index (κ2) is 7.58. The number of nitrogens with two attached hydrogens (primary N) is 1. The molecule has 2 saturated carbocycles. The molecule has 7 nitrogen and oxygen atoms in total. The first-order chi connectivity index (χ1) is 15.0. The molecule has 3 N–H and O–H groups in total. The predicted octanol–water partition coefficient (Wildman–Crippen LogP) is 3.43. The molecule has 1 aromatic heterocycles. The molecule has 2 aromatic carbocycles. The lowest BCUT2D eigenvalue weighted by Crippen LogP contribution is -2.25. The topological polar surface area (TPSA) is 99.2 Å². The second-order valence-electron chi connectivity index (χ2n) is 8.28. The number of amides is 1. The summed E-state index contributed by atoms with van der Waals surface area (Å²) in [6, 6.07) is 12.8. The molecular formula is C24H24N4O3. The molecule has 2 aliphatic rings. The summed E-state index contributed by atoms with van der Waals surface area (Å²) in [6.07, 6.45) is 5.88. The third-order valence-corrected chi connectivity index (χ3v) is 5.59. The van der Waals surface area contributed by atoms with Crippen molar-refractivity contribution in [3.05, 3.63) is 70.9 Å². The van der Waals surface area contributed by atoms with E-state index in [1.165, 1.54) is 10.9 Å². The molecule has 0 radical (unpaired) electrons. The SMILES string of the molecule is Cc1ccc(C(=O)NC2CC2)cc1-n1ncc(C(=O)c2cccc(OC3CC3)c2)c1N. The van der Waals surface area contributed by atoms with Crippen molar-refractivity contribution >= 4 is 17.5 Å². The van der Waals surface area contributed by atoms with Crippen molar-refractivity contribution in [1.82, 2.24) is 15.1 Å². The number of aromatic nitrogens is 2. The first-order valence-corrected chi connectivity index (χ1v) is 10.6. The quantitative estimate of drug-likeness (QED) is 0.575. The minimum atomic E-state index is -0.217. The Hall–Kier alpha value is -3.61. The number of ether oxygens (including phenoxy) is 1.